The molecule has 39 heavy (non-hydrogen) atoms. The molecule has 0 bridgehead atoms. The molecule has 10 nitrogen and oxygen atoms in total. The third-order valence-electron chi connectivity index (χ3n) is 6.84. The summed E-state index contributed by atoms with van der Waals surface area (Å²) in [6.07, 6.45) is 0.493. The molecule has 2 aromatic heterocycles. The normalized spacial score (nSPS) is 20.3. The number of halogens is 2. The molecule has 7 rings (SSSR count). The van der Waals surface area contributed by atoms with E-state index in [0.29, 0.717) is 66.4 Å². The van der Waals surface area contributed by atoms with Crippen LogP contribution in [0.3, 0.4) is 0 Å². The van der Waals surface area contributed by atoms with Crippen molar-refractivity contribution < 1.29 is 23.4 Å². The molecule has 3 N–H and O–H groups in total. The van der Waals surface area contributed by atoms with E-state index in [9.17, 15) is 9.18 Å². The van der Waals surface area contributed by atoms with E-state index in [2.05, 4.69) is 26.0 Å². The van der Waals surface area contributed by atoms with E-state index in [1.807, 2.05) is 42.5 Å². The molecule has 4 heterocycles. The van der Waals surface area contributed by atoms with Crippen LogP contribution in [0.1, 0.15) is 28.8 Å². The Kier molecular flexibility index (Phi) is 5.98. The first kappa shape index (κ1) is 24.1. The lowest BCUT2D eigenvalue weighted by Crippen LogP contribution is -2.27. The zero-order chi connectivity index (χ0) is 26.5. The zero-order valence-electron chi connectivity index (χ0n) is 20.6. The van der Waals surface area contributed by atoms with Gasteiger partial charge in [0.15, 0.2) is 23.5 Å². The fourth-order valence-electron chi connectivity index (χ4n) is 4.72. The van der Waals surface area contributed by atoms with Crippen LogP contribution in [0, 0.1) is 0 Å². The third-order valence-corrected chi connectivity index (χ3v) is 7.25. The number of fused-ring (bicyclic) bond motifs is 3. The minimum absolute atomic E-state index is 0.144. The first-order valence-electron chi connectivity index (χ1n) is 12.7. The fourth-order valence-corrected chi connectivity index (χ4v) is 5.00. The Morgan fingerprint density at radius 1 is 1.13 bits per heavy atom. The third kappa shape index (κ3) is 4.52. The maximum absolute atomic E-state index is 13.3. The van der Waals surface area contributed by atoms with Gasteiger partial charge in [0.25, 0.3) is 5.91 Å². The maximum Gasteiger partial charge on any atom is 0.271 e. The van der Waals surface area contributed by atoms with Crippen molar-refractivity contribution in [2.75, 3.05) is 37.0 Å². The number of carbonyl (C=O) groups excluding carboxylic acids is 1. The molecular weight excluding hydrogens is 527 g/mol. The fraction of sp³-hybridized carbons (Fsp3) is 0.296. The standard InChI is InChI=1S/C27H24ClFN6O4/c28-21-16(14-4-6-15(7-5-14)27-38-10-11-39-27)2-1-3-18(21)31-24-23-22(30-8-9-37-23)25-32-20(13-35(25)34-24)26(36)33-19-12-17(19)29/h1-7,13,17,19,27,30H,8-12H2,(H,31,34)(H,33,36)/t17-,19+/m0/s1. The lowest BCUT2D eigenvalue weighted by Gasteiger charge is -2.22. The topological polar surface area (TPSA) is 111 Å². The number of hydrogen-bond donors (Lipinski definition) is 3. The van der Waals surface area contributed by atoms with Gasteiger partial charge in [0.1, 0.15) is 24.2 Å². The minimum atomic E-state index is -1.00. The summed E-state index contributed by atoms with van der Waals surface area (Å²) in [6.45, 7) is 2.17. The van der Waals surface area contributed by atoms with E-state index in [1.54, 1.807) is 0 Å². The molecule has 2 aliphatic heterocycles. The molecule has 1 aliphatic carbocycles. The molecule has 2 aromatic carbocycles. The van der Waals surface area contributed by atoms with Crippen LogP contribution in [-0.2, 0) is 9.47 Å². The molecule has 1 saturated heterocycles. The van der Waals surface area contributed by atoms with E-state index in [4.69, 9.17) is 25.8 Å². The van der Waals surface area contributed by atoms with Crippen LogP contribution < -0.4 is 20.7 Å². The summed E-state index contributed by atoms with van der Waals surface area (Å²) in [5.41, 5.74) is 4.53. The van der Waals surface area contributed by atoms with Gasteiger partial charge in [-0.25, -0.2) is 13.9 Å². The molecule has 0 unspecified atom stereocenters. The summed E-state index contributed by atoms with van der Waals surface area (Å²) in [5.74, 6) is 0.433. The second kappa shape index (κ2) is 9.67. The molecule has 2 fully saturated rings. The van der Waals surface area contributed by atoms with Gasteiger partial charge in [-0.15, -0.1) is 5.10 Å². The predicted molar refractivity (Wildman–Crippen MR) is 143 cm³/mol. The van der Waals surface area contributed by atoms with Crippen molar-refractivity contribution in [3.63, 3.8) is 0 Å². The lowest BCUT2D eigenvalue weighted by molar-refractivity contribution is -0.0441. The van der Waals surface area contributed by atoms with Gasteiger partial charge in [0.05, 0.1) is 36.2 Å². The average Bonchev–Trinajstić information content (AvgIpc) is 3.33. The monoisotopic (exact) mass is 550 g/mol. The van der Waals surface area contributed by atoms with Crippen molar-refractivity contribution in [3.8, 4) is 16.9 Å². The van der Waals surface area contributed by atoms with E-state index >= 15 is 0 Å². The van der Waals surface area contributed by atoms with Gasteiger partial charge in [0, 0.05) is 24.1 Å². The molecule has 1 amide bonds. The maximum atomic E-state index is 13.3. The zero-order valence-corrected chi connectivity index (χ0v) is 21.4. The molecule has 1 saturated carbocycles. The van der Waals surface area contributed by atoms with Gasteiger partial charge in [0.2, 0.25) is 0 Å². The number of aromatic nitrogens is 3. The van der Waals surface area contributed by atoms with Gasteiger partial charge in [-0.2, -0.15) is 0 Å². The van der Waals surface area contributed by atoms with Crippen molar-refractivity contribution in [1.82, 2.24) is 19.9 Å². The van der Waals surface area contributed by atoms with Crippen molar-refractivity contribution >= 4 is 40.3 Å². The Hall–Kier alpha value is -3.93. The molecule has 12 heteroatoms. The Morgan fingerprint density at radius 2 is 1.92 bits per heavy atom. The Bertz CT molecular complexity index is 1570. The van der Waals surface area contributed by atoms with E-state index in [-0.39, 0.29) is 12.0 Å². The van der Waals surface area contributed by atoms with E-state index < -0.39 is 18.1 Å². The Labute approximate surface area is 227 Å². The molecule has 200 valence electrons. The molecule has 3 aliphatic rings. The summed E-state index contributed by atoms with van der Waals surface area (Å²) in [7, 11) is 0. The molecular formula is C27H24ClFN6O4. The highest BCUT2D eigenvalue weighted by Crippen LogP contribution is 2.41. The van der Waals surface area contributed by atoms with Gasteiger partial charge < -0.3 is 30.2 Å². The smallest absolute Gasteiger partial charge is 0.271 e. The SMILES string of the molecule is O=C(N[C@@H]1C[C@@H]1F)c1cn2nc(Nc3cccc(-c4ccc(C5OCCO5)cc4)c3Cl)c3c(c2n1)NCCO3. The highest BCUT2D eigenvalue weighted by atomic mass is 35.5. The number of ether oxygens (including phenoxy) is 3. The number of nitrogens with zero attached hydrogens (tertiary/aromatic N) is 3. The van der Waals surface area contributed by atoms with Crippen LogP contribution >= 0.6 is 11.6 Å². The predicted octanol–water partition coefficient (Wildman–Crippen LogP) is 4.48. The van der Waals surface area contributed by atoms with Gasteiger partial charge >= 0.3 is 0 Å². The molecule has 2 atom stereocenters. The summed E-state index contributed by atoms with van der Waals surface area (Å²) >= 11 is 6.87. The average molecular weight is 551 g/mol. The van der Waals surface area contributed by atoms with Crippen molar-refractivity contribution in [1.29, 1.82) is 0 Å². The number of alkyl halides is 1. The van der Waals surface area contributed by atoms with Crippen molar-refractivity contribution in [3.05, 3.63) is 64.9 Å². The van der Waals surface area contributed by atoms with E-state index in [1.165, 1.54) is 10.7 Å². The van der Waals surface area contributed by atoms with Crippen LogP contribution in [0.4, 0.5) is 21.6 Å². The van der Waals surface area contributed by atoms with E-state index in [0.717, 1.165) is 16.7 Å². The number of benzene rings is 2. The number of amides is 1. The number of anilines is 3. The summed E-state index contributed by atoms with van der Waals surface area (Å²) in [5, 5.41) is 14.4. The van der Waals surface area contributed by atoms with Gasteiger partial charge in [-0.3, -0.25) is 4.79 Å². The van der Waals surface area contributed by atoms with Crippen LogP contribution in [0.25, 0.3) is 16.8 Å². The van der Waals surface area contributed by atoms with Crippen LogP contribution in [-0.4, -0.2) is 59.1 Å². The quantitative estimate of drug-likeness (QED) is 0.322. The molecule has 0 spiro atoms. The summed E-state index contributed by atoms with van der Waals surface area (Å²) in [4.78, 5) is 17.0. The first-order chi connectivity index (χ1) is 19.0. The van der Waals surface area contributed by atoms with Crippen LogP contribution in [0.15, 0.2) is 48.7 Å². The number of imidazole rings is 1. The summed E-state index contributed by atoms with van der Waals surface area (Å²) < 4.78 is 31.9. The first-order valence-corrected chi connectivity index (χ1v) is 13.1. The van der Waals surface area contributed by atoms with Crippen molar-refractivity contribution in [2.24, 2.45) is 0 Å². The molecule has 4 aromatic rings. The number of carbonyl (C=O) groups is 1. The number of nitrogens with one attached hydrogen (secondary N) is 3. The summed E-state index contributed by atoms with van der Waals surface area (Å²) in [6, 6.07) is 13.1. The highest BCUT2D eigenvalue weighted by Gasteiger charge is 2.39. The lowest BCUT2D eigenvalue weighted by atomic mass is 10.0. The molecule has 0 radical (unpaired) electrons. The Balaban J connectivity index is 1.20. The van der Waals surface area contributed by atoms with Crippen LogP contribution in [0.5, 0.6) is 5.75 Å². The largest absolute Gasteiger partial charge is 0.486 e. The van der Waals surface area contributed by atoms with Gasteiger partial charge in [-0.1, -0.05) is 48.0 Å². The van der Waals surface area contributed by atoms with Crippen molar-refractivity contribution in [2.45, 2.75) is 24.9 Å². The van der Waals surface area contributed by atoms with Gasteiger partial charge in [-0.05, 0) is 11.6 Å². The second-order valence-electron chi connectivity index (χ2n) is 9.54. The van der Waals surface area contributed by atoms with Crippen LogP contribution in [0.2, 0.25) is 5.02 Å². The number of rotatable bonds is 6. The highest BCUT2D eigenvalue weighted by molar-refractivity contribution is 6.36. The minimum Gasteiger partial charge on any atom is -0.486 e. The Morgan fingerprint density at radius 3 is 2.69 bits per heavy atom. The second-order valence-corrected chi connectivity index (χ2v) is 9.92. The number of hydrogen-bond acceptors (Lipinski definition) is 8.